The van der Waals surface area contributed by atoms with Crippen LogP contribution in [0, 0.1) is 11.3 Å². The maximum atomic E-state index is 8.59. The molecule has 0 spiro atoms. The molecule has 0 aromatic carbocycles. The van der Waals surface area contributed by atoms with E-state index in [0.29, 0.717) is 0 Å². The molecule has 1 nitrogen and oxygen atoms in total. The Balaban J connectivity index is 0.000000561. The van der Waals surface area contributed by atoms with Gasteiger partial charge in [0, 0.05) is 0 Å². The predicted molar refractivity (Wildman–Crippen MR) is 61.2 cm³/mol. The first-order valence-electron chi connectivity index (χ1n) is 3.66. The van der Waals surface area contributed by atoms with Gasteiger partial charge < -0.3 is 0 Å². The molecule has 0 amide bonds. The van der Waals surface area contributed by atoms with Gasteiger partial charge in [0.25, 0.3) is 0 Å². The summed E-state index contributed by atoms with van der Waals surface area (Å²) in [4.78, 5) is 1.97. The van der Waals surface area contributed by atoms with Gasteiger partial charge in [0.05, 0.1) is 11.6 Å². The van der Waals surface area contributed by atoms with Gasteiger partial charge in [-0.1, -0.05) is 40.8 Å². The van der Waals surface area contributed by atoms with E-state index in [0.717, 1.165) is 17.6 Å². The highest BCUT2D eigenvalue weighted by atomic mass is 127. The summed E-state index contributed by atoms with van der Waals surface area (Å²) in [5, 5.41) is 8.59. The van der Waals surface area contributed by atoms with E-state index in [4.69, 9.17) is 5.26 Å². The molecule has 0 fully saturated rings. The number of nitriles is 1. The molecule has 0 heterocycles. The molecular formula is C10H12IN. The van der Waals surface area contributed by atoms with E-state index in [2.05, 4.69) is 34.7 Å². The Kier molecular flexibility index (Phi) is 6.78. The Morgan fingerprint density at radius 3 is 2.75 bits per heavy atom. The summed E-state index contributed by atoms with van der Waals surface area (Å²) < 4.78 is 0. The second-order valence-electron chi connectivity index (χ2n) is 2.24. The molecule has 0 N–H and O–H groups in total. The minimum Gasteiger partial charge on any atom is -0.192 e. The van der Waals surface area contributed by atoms with Crippen molar-refractivity contribution in [1.29, 1.82) is 5.26 Å². The van der Waals surface area contributed by atoms with Gasteiger partial charge in [0.2, 0.25) is 0 Å². The minimum atomic E-state index is 0.772. The lowest BCUT2D eigenvalue weighted by Gasteiger charge is -1.92. The Morgan fingerprint density at radius 2 is 2.17 bits per heavy atom. The molecule has 0 saturated carbocycles. The molecule has 1 aliphatic rings. The van der Waals surface area contributed by atoms with Crippen molar-refractivity contribution in [2.45, 2.75) is 13.3 Å². The second kappa shape index (κ2) is 7.11. The number of halogens is 1. The van der Waals surface area contributed by atoms with Crippen LogP contribution in [0.25, 0.3) is 0 Å². The number of hydrogen-bond donors (Lipinski definition) is 0. The van der Waals surface area contributed by atoms with Crippen LogP contribution in [0.2, 0.25) is 0 Å². The average Bonchev–Trinajstić information content (AvgIpc) is 2.33. The molecule has 0 radical (unpaired) electrons. The molecule has 1 rings (SSSR count). The molecule has 0 aromatic heterocycles. The van der Waals surface area contributed by atoms with Gasteiger partial charge in [-0.25, -0.2) is 0 Å². The lowest BCUT2D eigenvalue weighted by atomic mass is 10.1. The van der Waals surface area contributed by atoms with Crippen LogP contribution in [0.3, 0.4) is 0 Å². The lowest BCUT2D eigenvalue weighted by Crippen LogP contribution is -1.78. The fourth-order valence-electron chi connectivity index (χ4n) is 0.854. The average molecular weight is 273 g/mol. The monoisotopic (exact) mass is 273 g/mol. The third-order valence-electron chi connectivity index (χ3n) is 1.50. The molecule has 2 heteroatoms. The summed E-state index contributed by atoms with van der Waals surface area (Å²) >= 11 is 2.15. The molecule has 0 aromatic rings. The maximum Gasteiger partial charge on any atom is 0.0994 e. The summed E-state index contributed by atoms with van der Waals surface area (Å²) in [5.41, 5.74) is 1.85. The summed E-state index contributed by atoms with van der Waals surface area (Å²) in [7, 11) is 0. The summed E-state index contributed by atoms with van der Waals surface area (Å²) in [6, 6.07) is 2.14. The number of hydrogen-bond acceptors (Lipinski definition) is 1. The molecule has 0 unspecified atom stereocenters. The zero-order valence-corrected chi connectivity index (χ0v) is 9.50. The standard InChI is InChI=1S/C9H9N.CH3I/c1-8-5-3-2-4-6-9(8)7-10;1-2/h2,4-6H,3H2,1H3;1H3. The van der Waals surface area contributed by atoms with E-state index < -0.39 is 0 Å². The van der Waals surface area contributed by atoms with E-state index in [1.54, 1.807) is 0 Å². The van der Waals surface area contributed by atoms with E-state index in [9.17, 15) is 0 Å². The van der Waals surface area contributed by atoms with Crippen LogP contribution in [0.5, 0.6) is 0 Å². The van der Waals surface area contributed by atoms with Crippen molar-refractivity contribution in [3.8, 4) is 6.07 Å². The fourth-order valence-corrected chi connectivity index (χ4v) is 0.854. The van der Waals surface area contributed by atoms with E-state index in [-0.39, 0.29) is 0 Å². The van der Waals surface area contributed by atoms with Crippen molar-refractivity contribution in [2.24, 2.45) is 0 Å². The maximum absolute atomic E-state index is 8.59. The topological polar surface area (TPSA) is 23.8 Å². The lowest BCUT2D eigenvalue weighted by molar-refractivity contribution is 1.32. The highest BCUT2D eigenvalue weighted by molar-refractivity contribution is 14.1. The van der Waals surface area contributed by atoms with Crippen molar-refractivity contribution in [2.75, 3.05) is 4.93 Å². The van der Waals surface area contributed by atoms with Crippen LogP contribution in [-0.4, -0.2) is 4.93 Å². The first-order chi connectivity index (χ1) is 5.84. The first kappa shape index (κ1) is 11.4. The molecule has 0 atom stereocenters. The van der Waals surface area contributed by atoms with E-state index in [1.165, 1.54) is 0 Å². The van der Waals surface area contributed by atoms with Gasteiger partial charge in [-0.15, -0.1) is 0 Å². The largest absolute Gasteiger partial charge is 0.192 e. The van der Waals surface area contributed by atoms with Crippen molar-refractivity contribution in [1.82, 2.24) is 0 Å². The third kappa shape index (κ3) is 3.72. The Hall–Kier alpha value is -0.560. The van der Waals surface area contributed by atoms with Crippen LogP contribution in [0.15, 0.2) is 35.5 Å². The number of rotatable bonds is 0. The molecule has 0 aliphatic heterocycles. The van der Waals surface area contributed by atoms with E-state index >= 15 is 0 Å². The van der Waals surface area contributed by atoms with Gasteiger partial charge in [0.15, 0.2) is 0 Å². The van der Waals surface area contributed by atoms with Gasteiger partial charge >= 0.3 is 0 Å². The zero-order valence-electron chi connectivity index (χ0n) is 7.34. The van der Waals surface area contributed by atoms with E-state index in [1.807, 2.05) is 30.1 Å². The number of nitrogens with zero attached hydrogens (tertiary/aromatic N) is 1. The normalized spacial score (nSPS) is 14.5. The van der Waals surface area contributed by atoms with Crippen molar-refractivity contribution >= 4 is 22.6 Å². The van der Waals surface area contributed by atoms with Crippen LogP contribution in [0.1, 0.15) is 13.3 Å². The van der Waals surface area contributed by atoms with Gasteiger partial charge in [0.1, 0.15) is 0 Å². The SMILES string of the molecule is CC1=CCC=CC=C1C#N.CI. The zero-order chi connectivity index (χ0) is 9.40. The highest BCUT2D eigenvalue weighted by Gasteiger charge is 1.97. The molecule has 12 heavy (non-hydrogen) atoms. The second-order valence-corrected chi connectivity index (χ2v) is 2.24. The Morgan fingerprint density at radius 1 is 1.50 bits per heavy atom. The molecule has 0 saturated heterocycles. The predicted octanol–water partition coefficient (Wildman–Crippen LogP) is 3.39. The van der Waals surface area contributed by atoms with Crippen molar-refractivity contribution in [3.63, 3.8) is 0 Å². The smallest absolute Gasteiger partial charge is 0.0994 e. The molecule has 1 aliphatic carbocycles. The molecular weight excluding hydrogens is 261 g/mol. The number of allylic oxidation sites excluding steroid dienone is 6. The van der Waals surface area contributed by atoms with Crippen LogP contribution in [-0.2, 0) is 0 Å². The quantitative estimate of drug-likeness (QED) is 0.490. The van der Waals surface area contributed by atoms with Gasteiger partial charge in [-0.05, 0) is 29.9 Å². The minimum absolute atomic E-state index is 0.772. The highest BCUT2D eigenvalue weighted by Crippen LogP contribution is 2.12. The Labute approximate surface area is 87.6 Å². The number of alkyl halides is 1. The van der Waals surface area contributed by atoms with Crippen LogP contribution < -0.4 is 0 Å². The van der Waals surface area contributed by atoms with Crippen LogP contribution >= 0.6 is 22.6 Å². The summed E-state index contributed by atoms with van der Waals surface area (Å²) in [5.74, 6) is 0. The van der Waals surface area contributed by atoms with Gasteiger partial charge in [-0.3, -0.25) is 0 Å². The first-order valence-corrected chi connectivity index (χ1v) is 5.82. The fraction of sp³-hybridized carbons (Fsp3) is 0.300. The van der Waals surface area contributed by atoms with Crippen molar-refractivity contribution in [3.05, 3.63) is 35.5 Å². The summed E-state index contributed by atoms with van der Waals surface area (Å²) in [6.45, 7) is 1.96. The molecule has 0 bridgehead atoms. The third-order valence-corrected chi connectivity index (χ3v) is 1.50. The van der Waals surface area contributed by atoms with Crippen molar-refractivity contribution < 1.29 is 0 Å². The Bertz CT molecular complexity index is 254. The van der Waals surface area contributed by atoms with Gasteiger partial charge in [-0.2, -0.15) is 5.26 Å². The van der Waals surface area contributed by atoms with Crippen LogP contribution in [0.4, 0.5) is 0 Å². The molecule has 64 valence electrons. The summed E-state index contributed by atoms with van der Waals surface area (Å²) in [6.07, 6.45) is 8.80.